The quantitative estimate of drug-likeness (QED) is 0.469. The first-order valence-corrected chi connectivity index (χ1v) is 4.95. The summed E-state index contributed by atoms with van der Waals surface area (Å²) in [5.41, 5.74) is 1.55. The summed E-state index contributed by atoms with van der Waals surface area (Å²) in [6, 6.07) is 9.43. The van der Waals surface area contributed by atoms with E-state index in [9.17, 15) is 9.59 Å². The van der Waals surface area contributed by atoms with Crippen LogP contribution in [0.5, 0.6) is 0 Å². The molecule has 82 valence electrons. The van der Waals surface area contributed by atoms with Gasteiger partial charge in [0.2, 0.25) is 5.91 Å². The summed E-state index contributed by atoms with van der Waals surface area (Å²) in [6.45, 7) is 0.247. The predicted molar refractivity (Wildman–Crippen MR) is 57.1 cm³/mol. The van der Waals surface area contributed by atoms with Crippen LogP contribution in [-0.4, -0.2) is 11.9 Å². The number of ether oxygens (including phenoxy) is 1. The number of β-lactam (4-membered cyclic amide) rings is 1. The van der Waals surface area contributed by atoms with Crippen LogP contribution in [-0.2, 0) is 20.9 Å². The van der Waals surface area contributed by atoms with Crippen molar-refractivity contribution in [3.63, 3.8) is 0 Å². The number of nitrogens with one attached hydrogen (secondary N) is 1. The van der Waals surface area contributed by atoms with Crippen LogP contribution in [0.2, 0.25) is 0 Å². The van der Waals surface area contributed by atoms with E-state index < -0.39 is 5.97 Å². The van der Waals surface area contributed by atoms with Crippen LogP contribution in [0.25, 0.3) is 0 Å². The topological polar surface area (TPSA) is 55.4 Å². The van der Waals surface area contributed by atoms with Gasteiger partial charge in [-0.1, -0.05) is 30.3 Å². The molecule has 1 N–H and O–H groups in total. The Kier molecular flexibility index (Phi) is 3.00. The van der Waals surface area contributed by atoms with Crippen molar-refractivity contribution in [3.05, 3.63) is 47.7 Å². The fraction of sp³-hybridized carbons (Fsp3) is 0.167. The molecular formula is C12H11NO3. The second kappa shape index (κ2) is 4.61. The minimum atomic E-state index is -0.432. The maximum absolute atomic E-state index is 11.3. The Hall–Kier alpha value is -2.10. The molecule has 1 heterocycles. The number of esters is 1. The van der Waals surface area contributed by atoms with Crippen molar-refractivity contribution in [2.45, 2.75) is 13.0 Å². The van der Waals surface area contributed by atoms with Gasteiger partial charge in [0.05, 0.1) is 6.42 Å². The zero-order valence-electron chi connectivity index (χ0n) is 8.60. The van der Waals surface area contributed by atoms with E-state index in [0.717, 1.165) is 5.56 Å². The van der Waals surface area contributed by atoms with Crippen LogP contribution < -0.4 is 5.32 Å². The SMILES string of the molecule is O=C1C/C(=C\C(=O)OCc2ccccc2)N1. The largest absolute Gasteiger partial charge is 0.458 e. The van der Waals surface area contributed by atoms with Crippen molar-refractivity contribution in [2.24, 2.45) is 0 Å². The predicted octanol–water partition coefficient (Wildman–Crippen LogP) is 1.13. The molecule has 0 atom stereocenters. The number of amides is 1. The summed E-state index contributed by atoms with van der Waals surface area (Å²) < 4.78 is 5.00. The van der Waals surface area contributed by atoms with Gasteiger partial charge in [-0.2, -0.15) is 0 Å². The molecule has 1 aliphatic rings. The highest BCUT2D eigenvalue weighted by atomic mass is 16.5. The smallest absolute Gasteiger partial charge is 0.332 e. The second-order valence-electron chi connectivity index (χ2n) is 3.49. The van der Waals surface area contributed by atoms with Gasteiger partial charge in [-0.15, -0.1) is 0 Å². The van der Waals surface area contributed by atoms with Crippen LogP contribution in [0.4, 0.5) is 0 Å². The Morgan fingerprint density at radius 3 is 2.69 bits per heavy atom. The third-order valence-corrected chi connectivity index (χ3v) is 2.17. The molecule has 4 nitrogen and oxygen atoms in total. The summed E-state index contributed by atoms with van der Waals surface area (Å²) in [6.07, 6.45) is 1.60. The van der Waals surface area contributed by atoms with Gasteiger partial charge in [0.15, 0.2) is 0 Å². The first-order chi connectivity index (χ1) is 7.74. The van der Waals surface area contributed by atoms with E-state index in [4.69, 9.17) is 4.74 Å². The Labute approximate surface area is 92.9 Å². The molecule has 0 aromatic heterocycles. The average Bonchev–Trinajstić information content (AvgIpc) is 2.26. The lowest BCUT2D eigenvalue weighted by Crippen LogP contribution is -2.35. The highest BCUT2D eigenvalue weighted by Crippen LogP contribution is 2.08. The van der Waals surface area contributed by atoms with E-state index in [1.54, 1.807) is 0 Å². The summed E-state index contributed by atoms with van der Waals surface area (Å²) >= 11 is 0. The van der Waals surface area contributed by atoms with E-state index in [2.05, 4.69) is 5.32 Å². The first kappa shape index (κ1) is 10.4. The summed E-state index contributed by atoms with van der Waals surface area (Å²) in [5.74, 6) is -0.499. The molecule has 4 heteroatoms. The zero-order valence-corrected chi connectivity index (χ0v) is 8.60. The van der Waals surface area contributed by atoms with E-state index in [1.165, 1.54) is 6.08 Å². The third kappa shape index (κ3) is 2.70. The van der Waals surface area contributed by atoms with E-state index >= 15 is 0 Å². The van der Waals surface area contributed by atoms with Crippen LogP contribution in [0.15, 0.2) is 42.1 Å². The maximum Gasteiger partial charge on any atom is 0.332 e. The molecule has 0 unspecified atom stereocenters. The van der Waals surface area contributed by atoms with Crippen molar-refractivity contribution in [2.75, 3.05) is 0 Å². The molecule has 0 saturated carbocycles. The van der Waals surface area contributed by atoms with Crippen molar-refractivity contribution in [1.82, 2.24) is 5.32 Å². The van der Waals surface area contributed by atoms with Gasteiger partial charge in [0, 0.05) is 11.8 Å². The minimum Gasteiger partial charge on any atom is -0.458 e. The van der Waals surface area contributed by atoms with Crippen LogP contribution in [0, 0.1) is 0 Å². The molecule has 0 aliphatic carbocycles. The molecule has 16 heavy (non-hydrogen) atoms. The van der Waals surface area contributed by atoms with Gasteiger partial charge in [-0.25, -0.2) is 4.79 Å². The lowest BCUT2D eigenvalue weighted by Gasteiger charge is -2.17. The zero-order chi connectivity index (χ0) is 11.4. The molecule has 1 aromatic rings. The molecule has 1 saturated heterocycles. The molecule has 0 bridgehead atoms. The Morgan fingerprint density at radius 1 is 1.38 bits per heavy atom. The monoisotopic (exact) mass is 217 g/mol. The van der Waals surface area contributed by atoms with Gasteiger partial charge < -0.3 is 10.1 Å². The first-order valence-electron chi connectivity index (χ1n) is 4.95. The number of hydrogen-bond donors (Lipinski definition) is 1. The average molecular weight is 217 g/mol. The number of hydrogen-bond acceptors (Lipinski definition) is 3. The van der Waals surface area contributed by atoms with Crippen molar-refractivity contribution >= 4 is 11.9 Å². The lowest BCUT2D eigenvalue weighted by atomic mass is 10.2. The summed E-state index contributed by atoms with van der Waals surface area (Å²) in [4.78, 5) is 21.8. The fourth-order valence-electron chi connectivity index (χ4n) is 1.33. The van der Waals surface area contributed by atoms with Gasteiger partial charge in [-0.3, -0.25) is 4.79 Å². The van der Waals surface area contributed by atoms with Crippen molar-refractivity contribution in [1.29, 1.82) is 0 Å². The molecule has 1 aliphatic heterocycles. The summed E-state index contributed by atoms with van der Waals surface area (Å²) in [7, 11) is 0. The van der Waals surface area contributed by atoms with Crippen molar-refractivity contribution in [3.8, 4) is 0 Å². The van der Waals surface area contributed by atoms with Gasteiger partial charge >= 0.3 is 5.97 Å². The number of carbonyl (C=O) groups is 2. The van der Waals surface area contributed by atoms with Crippen LogP contribution >= 0.6 is 0 Å². The maximum atomic E-state index is 11.3. The highest BCUT2D eigenvalue weighted by molar-refractivity contribution is 5.92. The molecule has 1 amide bonds. The lowest BCUT2D eigenvalue weighted by molar-refractivity contribution is -0.139. The van der Waals surface area contributed by atoms with E-state index in [0.29, 0.717) is 12.1 Å². The van der Waals surface area contributed by atoms with Gasteiger partial charge in [0.25, 0.3) is 0 Å². The molecule has 0 spiro atoms. The van der Waals surface area contributed by atoms with Crippen LogP contribution in [0.1, 0.15) is 12.0 Å². The minimum absolute atomic E-state index is 0.0675. The Balaban J connectivity index is 1.80. The Bertz CT molecular complexity index is 427. The van der Waals surface area contributed by atoms with Crippen LogP contribution in [0.3, 0.4) is 0 Å². The molecule has 2 rings (SSSR count). The Morgan fingerprint density at radius 2 is 2.06 bits per heavy atom. The highest BCUT2D eigenvalue weighted by Gasteiger charge is 2.18. The number of rotatable bonds is 3. The third-order valence-electron chi connectivity index (χ3n) is 2.17. The molecule has 1 fully saturated rings. The number of benzene rings is 1. The molecule has 1 aromatic carbocycles. The number of carbonyl (C=O) groups excluding carboxylic acids is 2. The summed E-state index contributed by atoms with van der Waals surface area (Å²) in [5, 5.41) is 2.49. The van der Waals surface area contributed by atoms with Crippen molar-refractivity contribution < 1.29 is 14.3 Å². The second-order valence-corrected chi connectivity index (χ2v) is 3.49. The van der Waals surface area contributed by atoms with E-state index in [1.807, 2.05) is 30.3 Å². The fourth-order valence-corrected chi connectivity index (χ4v) is 1.33. The standard InChI is InChI=1S/C12H11NO3/c14-11-6-10(13-11)7-12(15)16-8-9-4-2-1-3-5-9/h1-5,7H,6,8H2,(H,13,14)/b10-7+. The molecular weight excluding hydrogens is 206 g/mol. The van der Waals surface area contributed by atoms with Gasteiger partial charge in [0.1, 0.15) is 6.61 Å². The van der Waals surface area contributed by atoms with Gasteiger partial charge in [-0.05, 0) is 5.56 Å². The normalized spacial score (nSPS) is 16.5. The molecule has 0 radical (unpaired) electrons. The van der Waals surface area contributed by atoms with E-state index in [-0.39, 0.29) is 12.5 Å².